The molecule has 1 fully saturated rings. The molecule has 0 heterocycles. The number of rotatable bonds is 7. The van der Waals surface area contributed by atoms with Gasteiger partial charge >= 0.3 is 0 Å². The molecule has 1 N–H and O–H groups in total. The Hall–Kier alpha value is -0.940. The van der Waals surface area contributed by atoms with Gasteiger partial charge in [0.15, 0.2) is 11.4 Å². The topological polar surface area (TPSA) is 77.4 Å². The maximum Gasteiger partial charge on any atom is 0.177 e. The van der Waals surface area contributed by atoms with Gasteiger partial charge in [0.25, 0.3) is 0 Å². The number of Topliss-reactive ketones (excluding diaryl/α,β-unsaturated/α-hetero) is 1. The molecule has 1 aliphatic rings. The lowest BCUT2D eigenvalue weighted by molar-refractivity contribution is -0.875. The highest BCUT2D eigenvalue weighted by Crippen LogP contribution is 2.34. The van der Waals surface area contributed by atoms with Gasteiger partial charge in [0, 0.05) is 18.8 Å². The zero-order valence-corrected chi connectivity index (χ0v) is 10.7. The fourth-order valence-corrected chi connectivity index (χ4v) is 2.04. The Morgan fingerprint density at radius 1 is 1.35 bits per heavy atom. The Kier molecular flexibility index (Phi) is 3.94. The first-order valence-electron chi connectivity index (χ1n) is 5.88. The number of ketones is 1. The van der Waals surface area contributed by atoms with Gasteiger partial charge in [-0.3, -0.25) is 4.79 Å². The Morgan fingerprint density at radius 2 is 1.88 bits per heavy atom. The average Bonchev–Trinajstić information content (AvgIpc) is 2.82. The summed E-state index contributed by atoms with van der Waals surface area (Å²) in [5, 5.41) is 21.0. The molecule has 1 atom stereocenters. The van der Waals surface area contributed by atoms with Crippen LogP contribution in [-0.2, 0) is 9.59 Å². The van der Waals surface area contributed by atoms with E-state index in [0.717, 1.165) is 12.8 Å². The predicted molar refractivity (Wildman–Crippen MR) is 59.8 cm³/mol. The van der Waals surface area contributed by atoms with Gasteiger partial charge in [-0.05, 0) is 18.8 Å². The van der Waals surface area contributed by atoms with Crippen molar-refractivity contribution in [3.63, 3.8) is 0 Å². The number of aliphatic hydroxyl groups is 1. The highest BCUT2D eigenvalue weighted by Gasteiger charge is 2.42. The van der Waals surface area contributed by atoms with E-state index in [1.54, 1.807) is 0 Å². The second-order valence-electron chi connectivity index (χ2n) is 6.10. The molecule has 5 heteroatoms. The van der Waals surface area contributed by atoms with E-state index in [0.29, 0.717) is 10.4 Å². The van der Waals surface area contributed by atoms with Gasteiger partial charge < -0.3 is 19.5 Å². The third-order valence-corrected chi connectivity index (χ3v) is 2.86. The second kappa shape index (κ2) is 4.74. The van der Waals surface area contributed by atoms with E-state index in [-0.39, 0.29) is 18.7 Å². The average molecular weight is 243 g/mol. The molecule has 98 valence electrons. The summed E-state index contributed by atoms with van der Waals surface area (Å²) in [6.45, 7) is 0.0898. The molecule has 0 radical (unpaired) electrons. The van der Waals surface area contributed by atoms with Crippen LogP contribution in [0.4, 0.5) is 0 Å². The fourth-order valence-electron chi connectivity index (χ4n) is 2.04. The van der Waals surface area contributed by atoms with Crippen molar-refractivity contribution in [1.82, 2.24) is 0 Å². The largest absolute Gasteiger partial charge is 0.550 e. The molecule has 17 heavy (non-hydrogen) atoms. The van der Waals surface area contributed by atoms with Gasteiger partial charge in [-0.2, -0.15) is 0 Å². The number of likely N-dealkylation sites (N-methyl/N-ethyl adjacent to an activating group) is 1. The molecule has 0 saturated heterocycles. The van der Waals surface area contributed by atoms with Crippen LogP contribution < -0.4 is 5.11 Å². The first-order chi connectivity index (χ1) is 7.62. The molecular weight excluding hydrogens is 222 g/mol. The van der Waals surface area contributed by atoms with Crippen LogP contribution in [0.2, 0.25) is 0 Å². The molecule has 0 spiro atoms. The summed E-state index contributed by atoms with van der Waals surface area (Å²) in [5.41, 5.74) is -1.79. The van der Waals surface area contributed by atoms with Crippen LogP contribution in [0.5, 0.6) is 0 Å². The van der Waals surface area contributed by atoms with Gasteiger partial charge in [-0.1, -0.05) is 0 Å². The van der Waals surface area contributed by atoms with Crippen LogP contribution in [-0.4, -0.2) is 54.6 Å². The lowest BCUT2D eigenvalue weighted by atomic mass is 9.90. The van der Waals surface area contributed by atoms with Gasteiger partial charge in [-0.25, -0.2) is 0 Å². The number of aliphatic carboxylic acids is 1. The van der Waals surface area contributed by atoms with Crippen LogP contribution in [0.15, 0.2) is 0 Å². The molecule has 0 aliphatic heterocycles. The number of carbonyl (C=O) groups excluding carboxylic acids is 2. The SMILES string of the molecule is C[N+](C)(C)C[C@](O)(CC(=O)[O-])C(=O)CC1CC1. The molecule has 1 rings (SSSR count). The molecule has 0 aromatic rings. The van der Waals surface area contributed by atoms with Crippen molar-refractivity contribution in [2.45, 2.75) is 31.3 Å². The van der Waals surface area contributed by atoms with E-state index >= 15 is 0 Å². The number of hydrogen-bond acceptors (Lipinski definition) is 4. The minimum atomic E-state index is -1.79. The summed E-state index contributed by atoms with van der Waals surface area (Å²) in [7, 11) is 5.43. The summed E-state index contributed by atoms with van der Waals surface area (Å²) in [5.74, 6) is -1.41. The number of nitrogens with zero attached hydrogens (tertiary/aromatic N) is 1. The maximum atomic E-state index is 12.0. The maximum absolute atomic E-state index is 12.0. The van der Waals surface area contributed by atoms with E-state index in [4.69, 9.17) is 0 Å². The van der Waals surface area contributed by atoms with Crippen LogP contribution in [0, 0.1) is 5.92 Å². The molecule has 1 aliphatic carbocycles. The Labute approximate surface area is 102 Å². The van der Waals surface area contributed by atoms with E-state index in [9.17, 15) is 19.8 Å². The standard InChI is InChI=1S/C12H21NO4/c1-13(2,3)8-12(17,7-11(15)16)10(14)6-9-4-5-9/h9,17H,4-8H2,1-3H3/t12-/m1/s1. The van der Waals surface area contributed by atoms with Crippen molar-refractivity contribution in [3.8, 4) is 0 Å². The summed E-state index contributed by atoms with van der Waals surface area (Å²) in [6, 6.07) is 0. The van der Waals surface area contributed by atoms with E-state index < -0.39 is 18.0 Å². The molecule has 0 aromatic heterocycles. The quantitative estimate of drug-likeness (QED) is 0.578. The molecule has 0 aromatic carbocycles. The van der Waals surface area contributed by atoms with E-state index in [1.807, 2.05) is 21.1 Å². The minimum absolute atomic E-state index is 0.0898. The van der Waals surface area contributed by atoms with Gasteiger partial charge in [0.2, 0.25) is 0 Å². The number of carboxylic acids is 1. The summed E-state index contributed by atoms with van der Waals surface area (Å²) in [6.07, 6.45) is 1.66. The van der Waals surface area contributed by atoms with Gasteiger partial charge in [-0.15, -0.1) is 0 Å². The fraction of sp³-hybridized carbons (Fsp3) is 0.833. The summed E-state index contributed by atoms with van der Waals surface area (Å²) >= 11 is 0. The summed E-state index contributed by atoms with van der Waals surface area (Å²) in [4.78, 5) is 22.7. The molecule has 0 amide bonds. The second-order valence-corrected chi connectivity index (χ2v) is 6.10. The Balaban J connectivity index is 2.75. The Bertz CT molecular complexity index is 317. The zero-order valence-electron chi connectivity index (χ0n) is 10.7. The van der Waals surface area contributed by atoms with Crippen molar-refractivity contribution < 1.29 is 24.3 Å². The first kappa shape index (κ1) is 14.1. The van der Waals surface area contributed by atoms with Gasteiger partial charge in [0.05, 0.1) is 21.1 Å². The molecule has 1 saturated carbocycles. The highest BCUT2D eigenvalue weighted by atomic mass is 16.4. The number of carbonyl (C=O) groups is 2. The molecular formula is C12H21NO4. The minimum Gasteiger partial charge on any atom is -0.550 e. The smallest absolute Gasteiger partial charge is 0.177 e. The molecule has 5 nitrogen and oxygen atoms in total. The number of hydrogen-bond donors (Lipinski definition) is 1. The summed E-state index contributed by atoms with van der Waals surface area (Å²) < 4.78 is 0.334. The van der Waals surface area contributed by atoms with Crippen molar-refractivity contribution in [2.24, 2.45) is 5.92 Å². The number of quaternary nitrogens is 1. The third-order valence-electron chi connectivity index (χ3n) is 2.86. The lowest BCUT2D eigenvalue weighted by Gasteiger charge is -2.34. The monoisotopic (exact) mass is 243 g/mol. The van der Waals surface area contributed by atoms with Crippen molar-refractivity contribution in [2.75, 3.05) is 27.7 Å². The van der Waals surface area contributed by atoms with Crippen molar-refractivity contribution >= 4 is 11.8 Å². The number of carboxylic acid groups (broad SMARTS) is 1. The zero-order chi connectivity index (χ0) is 13.3. The van der Waals surface area contributed by atoms with Crippen LogP contribution in [0.1, 0.15) is 25.7 Å². The van der Waals surface area contributed by atoms with E-state index in [2.05, 4.69) is 0 Å². The highest BCUT2D eigenvalue weighted by molar-refractivity contribution is 5.91. The van der Waals surface area contributed by atoms with Crippen molar-refractivity contribution in [3.05, 3.63) is 0 Å². The Morgan fingerprint density at radius 3 is 2.24 bits per heavy atom. The third kappa shape index (κ3) is 4.83. The first-order valence-corrected chi connectivity index (χ1v) is 5.88. The molecule has 0 bridgehead atoms. The van der Waals surface area contributed by atoms with Crippen LogP contribution in [0.3, 0.4) is 0 Å². The van der Waals surface area contributed by atoms with Gasteiger partial charge in [0.1, 0.15) is 6.54 Å². The van der Waals surface area contributed by atoms with Crippen LogP contribution >= 0.6 is 0 Å². The van der Waals surface area contributed by atoms with Crippen molar-refractivity contribution in [1.29, 1.82) is 0 Å². The predicted octanol–water partition coefficient (Wildman–Crippen LogP) is -1.07. The van der Waals surface area contributed by atoms with Crippen LogP contribution in [0.25, 0.3) is 0 Å². The lowest BCUT2D eigenvalue weighted by Crippen LogP contribution is -2.56. The normalized spacial score (nSPS) is 19.8. The van der Waals surface area contributed by atoms with E-state index in [1.165, 1.54) is 0 Å². The molecule has 0 unspecified atom stereocenters.